The van der Waals surface area contributed by atoms with Crippen molar-refractivity contribution in [3.63, 3.8) is 0 Å². The molecule has 0 aliphatic carbocycles. The molecule has 0 aliphatic heterocycles. The molecule has 6 nitrogen and oxygen atoms in total. The van der Waals surface area contributed by atoms with Crippen LogP contribution in [0.1, 0.15) is 17.8 Å². The number of aromatic nitrogens is 4. The van der Waals surface area contributed by atoms with Crippen LogP contribution in [-0.4, -0.2) is 26.3 Å². The van der Waals surface area contributed by atoms with Crippen LogP contribution in [0.15, 0.2) is 12.3 Å². The standard InChI is InChI=1S/C12H17ClN6/c1-8-6-9(2)19(18-8)5-3-4-15-11-10(14)7-16-12(13)17-11/h6-7H,3-5,14H2,1-2H3,(H,15,16,17). The van der Waals surface area contributed by atoms with Gasteiger partial charge in [0.2, 0.25) is 5.28 Å². The van der Waals surface area contributed by atoms with Gasteiger partial charge in [-0.25, -0.2) is 4.98 Å². The average molecular weight is 281 g/mol. The minimum Gasteiger partial charge on any atom is -0.394 e. The number of hydrogen-bond donors (Lipinski definition) is 2. The molecular formula is C12H17ClN6. The maximum atomic E-state index is 5.75. The lowest BCUT2D eigenvalue weighted by atomic mass is 10.3. The summed E-state index contributed by atoms with van der Waals surface area (Å²) in [5.74, 6) is 0.577. The lowest BCUT2D eigenvalue weighted by Crippen LogP contribution is -2.11. The summed E-state index contributed by atoms with van der Waals surface area (Å²) in [6.45, 7) is 5.64. The van der Waals surface area contributed by atoms with Crippen molar-refractivity contribution in [2.45, 2.75) is 26.8 Å². The normalized spacial score (nSPS) is 10.7. The van der Waals surface area contributed by atoms with Crippen molar-refractivity contribution in [1.82, 2.24) is 19.7 Å². The van der Waals surface area contributed by atoms with E-state index in [1.807, 2.05) is 11.6 Å². The van der Waals surface area contributed by atoms with Crippen molar-refractivity contribution in [3.8, 4) is 0 Å². The molecule has 2 heterocycles. The van der Waals surface area contributed by atoms with Gasteiger partial charge in [-0.05, 0) is 37.9 Å². The zero-order valence-electron chi connectivity index (χ0n) is 11.0. The van der Waals surface area contributed by atoms with Gasteiger partial charge in [0.25, 0.3) is 0 Å². The van der Waals surface area contributed by atoms with Gasteiger partial charge >= 0.3 is 0 Å². The van der Waals surface area contributed by atoms with E-state index in [1.165, 1.54) is 11.9 Å². The molecule has 0 saturated carbocycles. The van der Waals surface area contributed by atoms with Gasteiger partial charge in [0.1, 0.15) is 0 Å². The first-order valence-electron chi connectivity index (χ1n) is 6.09. The molecule has 3 N–H and O–H groups in total. The van der Waals surface area contributed by atoms with Gasteiger partial charge < -0.3 is 11.1 Å². The van der Waals surface area contributed by atoms with Gasteiger partial charge in [-0.2, -0.15) is 10.1 Å². The molecular weight excluding hydrogens is 264 g/mol. The zero-order chi connectivity index (χ0) is 13.8. The summed E-state index contributed by atoms with van der Waals surface area (Å²) in [7, 11) is 0. The fraction of sp³-hybridized carbons (Fsp3) is 0.417. The number of aryl methyl sites for hydroxylation is 3. The van der Waals surface area contributed by atoms with Crippen molar-refractivity contribution in [2.24, 2.45) is 0 Å². The van der Waals surface area contributed by atoms with Crippen LogP contribution in [0.2, 0.25) is 5.28 Å². The SMILES string of the molecule is Cc1cc(C)n(CCCNc2nc(Cl)ncc2N)n1. The molecule has 0 saturated heterocycles. The van der Waals surface area contributed by atoms with Crippen LogP contribution in [0.4, 0.5) is 11.5 Å². The fourth-order valence-corrected chi connectivity index (χ4v) is 1.98. The van der Waals surface area contributed by atoms with E-state index >= 15 is 0 Å². The molecule has 102 valence electrons. The second-order valence-corrected chi connectivity index (χ2v) is 4.71. The smallest absolute Gasteiger partial charge is 0.224 e. The number of nitrogen functional groups attached to an aromatic ring is 1. The van der Waals surface area contributed by atoms with Gasteiger partial charge in [0.15, 0.2) is 5.82 Å². The van der Waals surface area contributed by atoms with Crippen LogP contribution in [0.3, 0.4) is 0 Å². The minimum absolute atomic E-state index is 0.190. The van der Waals surface area contributed by atoms with Crippen LogP contribution in [-0.2, 0) is 6.54 Å². The topological polar surface area (TPSA) is 81.7 Å². The van der Waals surface area contributed by atoms with Gasteiger partial charge in [0, 0.05) is 18.8 Å². The highest BCUT2D eigenvalue weighted by molar-refractivity contribution is 6.28. The Morgan fingerprint density at radius 1 is 1.42 bits per heavy atom. The van der Waals surface area contributed by atoms with Crippen molar-refractivity contribution in [1.29, 1.82) is 0 Å². The third kappa shape index (κ3) is 3.57. The summed E-state index contributed by atoms with van der Waals surface area (Å²) < 4.78 is 1.99. The lowest BCUT2D eigenvalue weighted by molar-refractivity contribution is 0.573. The zero-order valence-corrected chi connectivity index (χ0v) is 11.8. The number of nitrogens with zero attached hydrogens (tertiary/aromatic N) is 4. The van der Waals surface area contributed by atoms with Crippen molar-refractivity contribution >= 4 is 23.1 Å². The molecule has 0 fully saturated rings. The molecule has 0 bridgehead atoms. The third-order valence-corrected chi connectivity index (χ3v) is 2.91. The summed E-state index contributed by atoms with van der Waals surface area (Å²) in [5.41, 5.74) is 8.45. The number of hydrogen-bond acceptors (Lipinski definition) is 5. The largest absolute Gasteiger partial charge is 0.394 e. The monoisotopic (exact) mass is 280 g/mol. The molecule has 0 spiro atoms. The molecule has 0 radical (unpaired) electrons. The Labute approximate surface area is 117 Å². The first-order chi connectivity index (χ1) is 9.06. The number of halogens is 1. The maximum absolute atomic E-state index is 5.75. The Morgan fingerprint density at radius 3 is 2.89 bits per heavy atom. The highest BCUT2D eigenvalue weighted by Crippen LogP contribution is 2.15. The van der Waals surface area contributed by atoms with Crippen LogP contribution < -0.4 is 11.1 Å². The van der Waals surface area contributed by atoms with E-state index in [9.17, 15) is 0 Å². The van der Waals surface area contributed by atoms with Gasteiger partial charge in [0.05, 0.1) is 17.6 Å². The number of anilines is 2. The predicted molar refractivity (Wildman–Crippen MR) is 76.3 cm³/mol. The summed E-state index contributed by atoms with van der Waals surface area (Å²) in [4.78, 5) is 7.84. The summed E-state index contributed by atoms with van der Waals surface area (Å²) in [5, 5.41) is 7.74. The second-order valence-electron chi connectivity index (χ2n) is 4.37. The fourth-order valence-electron chi connectivity index (χ4n) is 1.85. The van der Waals surface area contributed by atoms with E-state index in [4.69, 9.17) is 17.3 Å². The Bertz CT molecular complexity index is 565. The van der Waals surface area contributed by atoms with Crippen LogP contribution in [0.5, 0.6) is 0 Å². The molecule has 2 aromatic heterocycles. The third-order valence-electron chi connectivity index (χ3n) is 2.73. The number of rotatable bonds is 5. The lowest BCUT2D eigenvalue weighted by Gasteiger charge is -2.08. The Morgan fingerprint density at radius 2 is 2.21 bits per heavy atom. The van der Waals surface area contributed by atoms with E-state index in [0.29, 0.717) is 11.5 Å². The number of nitrogens with two attached hydrogens (primary N) is 1. The average Bonchev–Trinajstić information content (AvgIpc) is 2.67. The van der Waals surface area contributed by atoms with E-state index in [0.717, 1.165) is 25.2 Å². The van der Waals surface area contributed by atoms with Crippen LogP contribution in [0.25, 0.3) is 0 Å². The molecule has 7 heteroatoms. The highest BCUT2D eigenvalue weighted by Gasteiger charge is 2.03. The molecule has 19 heavy (non-hydrogen) atoms. The van der Waals surface area contributed by atoms with Gasteiger partial charge in [-0.3, -0.25) is 4.68 Å². The predicted octanol–water partition coefficient (Wildman–Crippen LogP) is 2.03. The Balaban J connectivity index is 1.84. The molecule has 0 unspecified atom stereocenters. The molecule has 0 atom stereocenters. The van der Waals surface area contributed by atoms with Crippen LogP contribution in [0, 0.1) is 13.8 Å². The molecule has 0 amide bonds. The number of nitrogens with one attached hydrogen (secondary N) is 1. The van der Waals surface area contributed by atoms with Crippen molar-refractivity contribution in [3.05, 3.63) is 28.9 Å². The van der Waals surface area contributed by atoms with E-state index in [2.05, 4.69) is 33.4 Å². The summed E-state index contributed by atoms with van der Waals surface area (Å²) in [6, 6.07) is 2.07. The molecule has 0 aliphatic rings. The van der Waals surface area contributed by atoms with Crippen molar-refractivity contribution in [2.75, 3.05) is 17.6 Å². The van der Waals surface area contributed by atoms with E-state index < -0.39 is 0 Å². The first kappa shape index (κ1) is 13.6. The van der Waals surface area contributed by atoms with Crippen LogP contribution >= 0.6 is 11.6 Å². The Hall–Kier alpha value is -1.82. The molecule has 0 aromatic carbocycles. The summed E-state index contributed by atoms with van der Waals surface area (Å²) in [6.07, 6.45) is 2.42. The van der Waals surface area contributed by atoms with Gasteiger partial charge in [-0.15, -0.1) is 0 Å². The molecule has 2 aromatic rings. The quantitative estimate of drug-likeness (QED) is 0.647. The first-order valence-corrected chi connectivity index (χ1v) is 6.47. The summed E-state index contributed by atoms with van der Waals surface area (Å²) >= 11 is 5.72. The maximum Gasteiger partial charge on any atom is 0.224 e. The second kappa shape index (κ2) is 5.88. The Kier molecular flexibility index (Phi) is 4.21. The van der Waals surface area contributed by atoms with E-state index in [1.54, 1.807) is 0 Å². The minimum atomic E-state index is 0.190. The highest BCUT2D eigenvalue weighted by atomic mass is 35.5. The van der Waals surface area contributed by atoms with Gasteiger partial charge in [-0.1, -0.05) is 0 Å². The molecule has 2 rings (SSSR count). The van der Waals surface area contributed by atoms with Crippen molar-refractivity contribution < 1.29 is 0 Å². The van der Waals surface area contributed by atoms with E-state index in [-0.39, 0.29) is 5.28 Å².